The van der Waals surface area contributed by atoms with Gasteiger partial charge >= 0.3 is 0 Å². The number of hydrogen-bond acceptors (Lipinski definition) is 2. The number of rotatable bonds is 1. The summed E-state index contributed by atoms with van der Waals surface area (Å²) in [6, 6.07) is 1.65. The zero-order valence-corrected chi connectivity index (χ0v) is 6.82. The van der Waals surface area contributed by atoms with Gasteiger partial charge in [-0.25, -0.2) is 4.98 Å². The Morgan fingerprint density at radius 3 is 3.17 bits per heavy atom. The molecule has 2 aromatic rings. The largest absolute Gasteiger partial charge is 0.306 e. The van der Waals surface area contributed by atoms with Gasteiger partial charge in [0.2, 0.25) is 0 Å². The van der Waals surface area contributed by atoms with E-state index in [1.807, 2.05) is 0 Å². The average molecular weight is 181 g/mol. The van der Waals surface area contributed by atoms with Crippen LogP contribution in [-0.4, -0.2) is 15.7 Å². The number of carbonyl (C=O) groups is 1. The Kier molecular flexibility index (Phi) is 1.59. The smallest absolute Gasteiger partial charge is 0.151 e. The second-order valence-corrected chi connectivity index (χ2v) is 2.79. The third-order valence-corrected chi connectivity index (χ3v) is 1.95. The van der Waals surface area contributed by atoms with E-state index < -0.39 is 0 Å². The Hall–Kier alpha value is -1.35. The fourth-order valence-electron chi connectivity index (χ4n) is 1.04. The van der Waals surface area contributed by atoms with Crippen LogP contribution < -0.4 is 0 Å². The van der Waals surface area contributed by atoms with Gasteiger partial charge in [0.05, 0.1) is 5.02 Å². The van der Waals surface area contributed by atoms with Crippen LogP contribution in [0.5, 0.6) is 0 Å². The zero-order chi connectivity index (χ0) is 8.55. The quantitative estimate of drug-likeness (QED) is 0.628. The molecule has 0 aromatic carbocycles. The van der Waals surface area contributed by atoms with Crippen molar-refractivity contribution in [2.45, 2.75) is 0 Å². The van der Waals surface area contributed by atoms with E-state index in [0.717, 1.165) is 11.9 Å². The van der Waals surface area contributed by atoms with E-state index in [9.17, 15) is 4.79 Å². The topological polar surface area (TPSA) is 34.4 Å². The maximum Gasteiger partial charge on any atom is 0.151 e. The van der Waals surface area contributed by atoms with Crippen LogP contribution in [0.3, 0.4) is 0 Å². The molecule has 0 bridgehead atoms. The van der Waals surface area contributed by atoms with E-state index in [1.165, 1.54) is 0 Å². The summed E-state index contributed by atoms with van der Waals surface area (Å²) in [5, 5.41) is 0.440. The van der Waals surface area contributed by atoms with Crippen molar-refractivity contribution in [1.82, 2.24) is 9.38 Å². The lowest BCUT2D eigenvalue weighted by Gasteiger charge is -1.96. The van der Waals surface area contributed by atoms with Gasteiger partial charge in [0.25, 0.3) is 0 Å². The molecule has 0 saturated heterocycles. The monoisotopic (exact) mass is 180 g/mol. The molecule has 0 aliphatic heterocycles. The second kappa shape index (κ2) is 2.60. The molecular formula is C8H5ClN2O. The maximum atomic E-state index is 10.5. The third-order valence-electron chi connectivity index (χ3n) is 1.64. The van der Waals surface area contributed by atoms with Crippen molar-refractivity contribution in [3.63, 3.8) is 0 Å². The molecule has 60 valence electrons. The Morgan fingerprint density at radius 2 is 2.42 bits per heavy atom. The molecule has 12 heavy (non-hydrogen) atoms. The number of imidazole rings is 1. The maximum absolute atomic E-state index is 10.5. The normalized spacial score (nSPS) is 10.4. The molecule has 0 fully saturated rings. The molecule has 0 radical (unpaired) electrons. The van der Waals surface area contributed by atoms with Gasteiger partial charge in [-0.1, -0.05) is 11.6 Å². The highest BCUT2D eigenvalue weighted by Gasteiger charge is 2.01. The average Bonchev–Trinajstić information content (AvgIpc) is 2.49. The Balaban J connectivity index is 2.81. The number of nitrogens with zero attached hydrogens (tertiary/aromatic N) is 2. The highest BCUT2D eigenvalue weighted by molar-refractivity contribution is 6.32. The number of fused-ring (bicyclic) bond motifs is 1. The standard InChI is InChI=1S/C8H5ClN2O/c9-7-4-11-2-1-10-8(11)3-6(7)5-12/h1-5H. The molecular weight excluding hydrogens is 176 g/mol. The van der Waals surface area contributed by atoms with Crippen molar-refractivity contribution >= 4 is 23.5 Å². The van der Waals surface area contributed by atoms with E-state index in [4.69, 9.17) is 11.6 Å². The highest BCUT2D eigenvalue weighted by atomic mass is 35.5. The molecule has 2 rings (SSSR count). The fraction of sp³-hybridized carbons (Fsp3) is 0. The lowest BCUT2D eigenvalue weighted by molar-refractivity contribution is 0.112. The van der Waals surface area contributed by atoms with Crippen LogP contribution in [0, 0.1) is 0 Å². The van der Waals surface area contributed by atoms with Gasteiger partial charge in [0.1, 0.15) is 5.65 Å². The number of halogens is 1. The van der Waals surface area contributed by atoms with Crippen LogP contribution in [0.4, 0.5) is 0 Å². The zero-order valence-electron chi connectivity index (χ0n) is 6.07. The van der Waals surface area contributed by atoms with Gasteiger partial charge in [-0.2, -0.15) is 0 Å². The second-order valence-electron chi connectivity index (χ2n) is 2.39. The molecule has 0 N–H and O–H groups in total. The summed E-state index contributed by atoms with van der Waals surface area (Å²) in [5.74, 6) is 0. The van der Waals surface area contributed by atoms with E-state index in [2.05, 4.69) is 4.98 Å². The van der Waals surface area contributed by atoms with Crippen LogP contribution >= 0.6 is 11.6 Å². The van der Waals surface area contributed by atoms with E-state index in [0.29, 0.717) is 10.6 Å². The SMILES string of the molecule is O=Cc1cc2nccn2cc1Cl. The molecule has 3 nitrogen and oxygen atoms in total. The summed E-state index contributed by atoms with van der Waals surface area (Å²) in [6.07, 6.45) is 5.81. The van der Waals surface area contributed by atoms with Crippen LogP contribution in [0.2, 0.25) is 5.02 Å². The van der Waals surface area contributed by atoms with Crippen molar-refractivity contribution < 1.29 is 4.79 Å². The van der Waals surface area contributed by atoms with Crippen molar-refractivity contribution in [3.05, 3.63) is 35.2 Å². The van der Waals surface area contributed by atoms with Crippen molar-refractivity contribution in [2.75, 3.05) is 0 Å². The van der Waals surface area contributed by atoms with Gasteiger partial charge in [0.15, 0.2) is 6.29 Å². The van der Waals surface area contributed by atoms with Gasteiger partial charge in [-0.3, -0.25) is 4.79 Å². The van der Waals surface area contributed by atoms with E-state index in [1.54, 1.807) is 29.1 Å². The van der Waals surface area contributed by atoms with Gasteiger partial charge in [-0.15, -0.1) is 0 Å². The molecule has 0 atom stereocenters. The van der Waals surface area contributed by atoms with Crippen LogP contribution in [-0.2, 0) is 0 Å². The Labute approximate surface area is 73.6 Å². The number of aldehydes is 1. The fourth-order valence-corrected chi connectivity index (χ4v) is 1.24. The van der Waals surface area contributed by atoms with Crippen molar-refractivity contribution in [1.29, 1.82) is 0 Å². The Bertz CT molecular complexity index is 436. The van der Waals surface area contributed by atoms with Gasteiger partial charge in [0, 0.05) is 24.2 Å². The molecule has 2 heterocycles. The molecule has 0 aliphatic carbocycles. The highest BCUT2D eigenvalue weighted by Crippen LogP contribution is 2.15. The summed E-state index contributed by atoms with van der Waals surface area (Å²) in [7, 11) is 0. The molecule has 0 aliphatic rings. The van der Waals surface area contributed by atoms with Crippen LogP contribution in [0.1, 0.15) is 10.4 Å². The summed E-state index contributed by atoms with van der Waals surface area (Å²) < 4.78 is 1.76. The van der Waals surface area contributed by atoms with Crippen LogP contribution in [0.25, 0.3) is 5.65 Å². The number of hydrogen-bond donors (Lipinski definition) is 0. The molecule has 2 aromatic heterocycles. The summed E-state index contributed by atoms with van der Waals surface area (Å²) >= 11 is 5.78. The first-order chi connectivity index (χ1) is 5.81. The molecule has 4 heteroatoms. The van der Waals surface area contributed by atoms with Crippen LogP contribution in [0.15, 0.2) is 24.7 Å². The summed E-state index contributed by atoms with van der Waals surface area (Å²) in [5.41, 5.74) is 1.19. The van der Waals surface area contributed by atoms with E-state index in [-0.39, 0.29) is 0 Å². The van der Waals surface area contributed by atoms with Crippen molar-refractivity contribution in [2.24, 2.45) is 0 Å². The minimum absolute atomic E-state index is 0.440. The van der Waals surface area contributed by atoms with Crippen molar-refractivity contribution in [3.8, 4) is 0 Å². The number of aromatic nitrogens is 2. The third kappa shape index (κ3) is 0.987. The minimum Gasteiger partial charge on any atom is -0.306 e. The molecule has 0 spiro atoms. The number of pyridine rings is 1. The first kappa shape index (κ1) is 7.31. The molecule has 0 amide bonds. The van der Waals surface area contributed by atoms with E-state index >= 15 is 0 Å². The predicted molar refractivity (Wildman–Crippen MR) is 45.6 cm³/mol. The van der Waals surface area contributed by atoms with Gasteiger partial charge in [-0.05, 0) is 6.07 Å². The number of carbonyl (C=O) groups excluding carboxylic acids is 1. The molecule has 0 saturated carbocycles. The summed E-state index contributed by atoms with van der Waals surface area (Å²) in [6.45, 7) is 0. The lowest BCUT2D eigenvalue weighted by Crippen LogP contribution is -1.88. The first-order valence-corrected chi connectivity index (χ1v) is 3.76. The summed E-state index contributed by atoms with van der Waals surface area (Å²) in [4.78, 5) is 14.5. The molecule has 0 unspecified atom stereocenters. The lowest BCUT2D eigenvalue weighted by atomic mass is 10.3. The Morgan fingerprint density at radius 1 is 1.58 bits per heavy atom. The minimum atomic E-state index is 0.440. The predicted octanol–water partition coefficient (Wildman–Crippen LogP) is 1.80. The first-order valence-electron chi connectivity index (χ1n) is 3.38. The van der Waals surface area contributed by atoms with Gasteiger partial charge < -0.3 is 4.40 Å².